The van der Waals surface area contributed by atoms with Crippen LogP contribution in [0, 0.1) is 6.92 Å². The number of sulfonamides is 1. The molecule has 1 aromatic heterocycles. The van der Waals surface area contributed by atoms with E-state index in [0.29, 0.717) is 11.4 Å². The van der Waals surface area contributed by atoms with E-state index in [4.69, 9.17) is 29.6 Å². The number of halogens is 1. The van der Waals surface area contributed by atoms with Gasteiger partial charge in [-0.25, -0.2) is 4.98 Å². The zero-order chi connectivity index (χ0) is 14.9. The van der Waals surface area contributed by atoms with Gasteiger partial charge in [-0.2, -0.15) is 8.42 Å². The first-order chi connectivity index (χ1) is 9.29. The van der Waals surface area contributed by atoms with Crippen LogP contribution in [0.25, 0.3) is 0 Å². The SMILES string of the molecule is Cc1ncc(S(=O)(=O)Nc2ccc(C(N)=S)cc2Cl)[nH]1. The van der Waals surface area contributed by atoms with E-state index < -0.39 is 10.0 Å². The number of H-pyrrole nitrogens is 1. The molecule has 20 heavy (non-hydrogen) atoms. The summed E-state index contributed by atoms with van der Waals surface area (Å²) in [5.74, 6) is 0.500. The maximum Gasteiger partial charge on any atom is 0.279 e. The molecule has 6 nitrogen and oxygen atoms in total. The number of aromatic nitrogens is 2. The predicted octanol–water partition coefficient (Wildman–Crippen LogP) is 1.81. The Kier molecular flexibility index (Phi) is 3.98. The number of nitrogens with two attached hydrogens (primary N) is 1. The van der Waals surface area contributed by atoms with Gasteiger partial charge in [0.2, 0.25) is 0 Å². The Morgan fingerprint density at radius 2 is 2.20 bits per heavy atom. The molecule has 2 aromatic rings. The van der Waals surface area contributed by atoms with Crippen molar-refractivity contribution in [2.45, 2.75) is 11.9 Å². The van der Waals surface area contributed by atoms with Crippen LogP contribution in [-0.4, -0.2) is 23.4 Å². The summed E-state index contributed by atoms with van der Waals surface area (Å²) in [5, 5.41) is 0.166. The van der Waals surface area contributed by atoms with Gasteiger partial charge in [-0.3, -0.25) is 4.72 Å². The van der Waals surface area contributed by atoms with Crippen molar-refractivity contribution in [3.63, 3.8) is 0 Å². The summed E-state index contributed by atoms with van der Waals surface area (Å²) in [4.78, 5) is 6.67. The largest absolute Gasteiger partial charge is 0.389 e. The van der Waals surface area contributed by atoms with Gasteiger partial charge in [-0.1, -0.05) is 23.8 Å². The number of imidazole rings is 1. The maximum atomic E-state index is 12.1. The minimum atomic E-state index is -3.76. The molecule has 1 aromatic carbocycles. The van der Waals surface area contributed by atoms with Gasteiger partial charge in [-0.15, -0.1) is 0 Å². The second kappa shape index (κ2) is 5.39. The van der Waals surface area contributed by atoms with Crippen molar-refractivity contribution in [2.24, 2.45) is 5.73 Å². The van der Waals surface area contributed by atoms with Gasteiger partial charge in [0.15, 0.2) is 5.03 Å². The molecule has 9 heteroatoms. The number of aryl methyl sites for hydroxylation is 1. The molecule has 0 atom stereocenters. The summed E-state index contributed by atoms with van der Waals surface area (Å²) >= 11 is 10.8. The van der Waals surface area contributed by atoms with Gasteiger partial charge < -0.3 is 10.7 Å². The highest BCUT2D eigenvalue weighted by Crippen LogP contribution is 2.25. The standard InChI is InChI=1S/C11H11ClN4O2S2/c1-6-14-5-10(15-6)20(17,18)16-9-3-2-7(11(13)19)4-8(9)12/h2-5,16H,1H3,(H2,13,19)(H,14,15). The minimum absolute atomic E-state index is 0.0375. The number of nitrogens with zero attached hydrogens (tertiary/aromatic N) is 1. The van der Waals surface area contributed by atoms with Gasteiger partial charge in [0, 0.05) is 5.56 Å². The zero-order valence-corrected chi connectivity index (χ0v) is 12.7. The number of hydrogen-bond donors (Lipinski definition) is 3. The number of hydrogen-bond acceptors (Lipinski definition) is 4. The van der Waals surface area contributed by atoms with E-state index in [1.54, 1.807) is 13.0 Å². The molecule has 2 rings (SSSR count). The number of aromatic amines is 1. The van der Waals surface area contributed by atoms with Crippen molar-refractivity contribution >= 4 is 44.5 Å². The topological polar surface area (TPSA) is 101 Å². The second-order valence-electron chi connectivity index (χ2n) is 4.00. The Labute approximate surface area is 126 Å². The van der Waals surface area contributed by atoms with E-state index in [2.05, 4.69) is 14.7 Å². The first kappa shape index (κ1) is 14.8. The summed E-state index contributed by atoms with van der Waals surface area (Å²) in [6.07, 6.45) is 1.23. The normalized spacial score (nSPS) is 11.3. The lowest BCUT2D eigenvalue weighted by molar-refractivity contribution is 0.598. The smallest absolute Gasteiger partial charge is 0.279 e. The first-order valence-electron chi connectivity index (χ1n) is 5.43. The first-order valence-corrected chi connectivity index (χ1v) is 7.70. The molecule has 0 saturated carbocycles. The minimum Gasteiger partial charge on any atom is -0.389 e. The van der Waals surface area contributed by atoms with Crippen LogP contribution in [0.3, 0.4) is 0 Å². The van der Waals surface area contributed by atoms with E-state index in [1.807, 2.05) is 0 Å². The molecular weight excluding hydrogens is 320 g/mol. The third-order valence-corrected chi connectivity index (χ3v) is 4.29. The molecule has 0 aliphatic rings. The van der Waals surface area contributed by atoms with E-state index in [-0.39, 0.29) is 20.7 Å². The lowest BCUT2D eigenvalue weighted by atomic mass is 10.2. The summed E-state index contributed by atoms with van der Waals surface area (Å²) in [5.41, 5.74) is 6.27. The Morgan fingerprint density at radius 1 is 1.50 bits per heavy atom. The fourth-order valence-electron chi connectivity index (χ4n) is 1.49. The number of thiocarbonyl (C=S) groups is 1. The molecule has 1 heterocycles. The average Bonchev–Trinajstić information content (AvgIpc) is 2.79. The third kappa shape index (κ3) is 3.09. The number of nitrogens with one attached hydrogen (secondary N) is 2. The Hall–Kier alpha value is -1.64. The highest BCUT2D eigenvalue weighted by Gasteiger charge is 2.18. The number of anilines is 1. The van der Waals surface area contributed by atoms with Crippen molar-refractivity contribution in [3.05, 3.63) is 40.8 Å². The Bertz CT molecular complexity index is 770. The van der Waals surface area contributed by atoms with Gasteiger partial charge in [0.1, 0.15) is 10.8 Å². The van der Waals surface area contributed by atoms with Crippen molar-refractivity contribution in [2.75, 3.05) is 4.72 Å². The lowest BCUT2D eigenvalue weighted by Crippen LogP contribution is -2.14. The molecule has 0 saturated heterocycles. The van der Waals surface area contributed by atoms with Crippen LogP contribution in [0.4, 0.5) is 5.69 Å². The summed E-state index contributed by atoms with van der Waals surface area (Å²) < 4.78 is 26.6. The fourth-order valence-corrected chi connectivity index (χ4v) is 2.95. The average molecular weight is 331 g/mol. The highest BCUT2D eigenvalue weighted by molar-refractivity contribution is 7.92. The van der Waals surface area contributed by atoms with Gasteiger partial charge >= 0.3 is 0 Å². The van der Waals surface area contributed by atoms with Crippen LogP contribution in [0.1, 0.15) is 11.4 Å². The van der Waals surface area contributed by atoms with Crippen molar-refractivity contribution in [1.29, 1.82) is 0 Å². The molecule has 0 amide bonds. The molecule has 106 valence electrons. The number of rotatable bonds is 4. The summed E-state index contributed by atoms with van der Waals surface area (Å²) in [6, 6.07) is 4.59. The molecule has 4 N–H and O–H groups in total. The molecule has 0 fully saturated rings. The van der Waals surface area contributed by atoms with Crippen LogP contribution < -0.4 is 10.5 Å². The van der Waals surface area contributed by atoms with Crippen molar-refractivity contribution < 1.29 is 8.42 Å². The monoisotopic (exact) mass is 330 g/mol. The number of benzene rings is 1. The Morgan fingerprint density at radius 3 is 2.70 bits per heavy atom. The van der Waals surface area contributed by atoms with Gasteiger partial charge in [-0.05, 0) is 25.1 Å². The highest BCUT2D eigenvalue weighted by atomic mass is 35.5. The van der Waals surface area contributed by atoms with Crippen LogP contribution in [-0.2, 0) is 10.0 Å². The molecular formula is C11H11ClN4O2S2. The van der Waals surface area contributed by atoms with Crippen LogP contribution >= 0.6 is 23.8 Å². The maximum absolute atomic E-state index is 12.1. The van der Waals surface area contributed by atoms with E-state index in [9.17, 15) is 8.42 Å². The van der Waals surface area contributed by atoms with Crippen LogP contribution in [0.15, 0.2) is 29.4 Å². The quantitative estimate of drug-likeness (QED) is 0.742. The van der Waals surface area contributed by atoms with Crippen LogP contribution in [0.2, 0.25) is 5.02 Å². The summed E-state index contributed by atoms with van der Waals surface area (Å²) in [7, 11) is -3.76. The fraction of sp³-hybridized carbons (Fsp3) is 0.0909. The van der Waals surface area contributed by atoms with E-state index >= 15 is 0 Å². The summed E-state index contributed by atoms with van der Waals surface area (Å²) in [6.45, 7) is 1.66. The second-order valence-corrected chi connectivity index (χ2v) is 6.50. The van der Waals surface area contributed by atoms with Gasteiger partial charge in [0.25, 0.3) is 10.0 Å². The molecule has 0 spiro atoms. The van der Waals surface area contributed by atoms with Crippen LogP contribution in [0.5, 0.6) is 0 Å². The van der Waals surface area contributed by atoms with Crippen molar-refractivity contribution in [1.82, 2.24) is 9.97 Å². The zero-order valence-electron chi connectivity index (χ0n) is 10.3. The van der Waals surface area contributed by atoms with E-state index in [1.165, 1.54) is 18.3 Å². The molecule has 0 aliphatic heterocycles. The lowest BCUT2D eigenvalue weighted by Gasteiger charge is -2.09. The van der Waals surface area contributed by atoms with Crippen molar-refractivity contribution in [3.8, 4) is 0 Å². The molecule has 0 radical (unpaired) electrons. The molecule has 0 bridgehead atoms. The van der Waals surface area contributed by atoms with Gasteiger partial charge in [0.05, 0.1) is 16.9 Å². The molecule has 0 unspecified atom stereocenters. The third-order valence-electron chi connectivity index (χ3n) is 2.47. The van der Waals surface area contributed by atoms with E-state index in [0.717, 1.165) is 0 Å². The molecule has 0 aliphatic carbocycles. The predicted molar refractivity (Wildman–Crippen MR) is 81.5 cm³/mol. The Balaban J connectivity index is 2.32.